The standard InChI is InChI=1S/C17H20N2O2/c1-21-11-12-5-4-8-14(9-12)17-18-15(10-16(20)19-17)13-6-2-3-7-13/h4-5,8-10,13H,2-3,6-7,11H2,1H3,(H,18,19,20). The topological polar surface area (TPSA) is 55.0 Å². The second kappa shape index (κ2) is 6.22. The summed E-state index contributed by atoms with van der Waals surface area (Å²) in [6, 6.07) is 9.60. The molecule has 0 radical (unpaired) electrons. The summed E-state index contributed by atoms with van der Waals surface area (Å²) in [7, 11) is 1.67. The van der Waals surface area contributed by atoms with Crippen molar-refractivity contribution in [1.82, 2.24) is 9.97 Å². The summed E-state index contributed by atoms with van der Waals surface area (Å²) >= 11 is 0. The highest BCUT2D eigenvalue weighted by Crippen LogP contribution is 2.33. The van der Waals surface area contributed by atoms with Gasteiger partial charge in [0.15, 0.2) is 0 Å². The number of aromatic nitrogens is 2. The SMILES string of the molecule is COCc1cccc(-c2nc(C3CCCC3)cc(=O)[nH]2)c1. The van der Waals surface area contributed by atoms with Crippen molar-refractivity contribution in [3.8, 4) is 11.4 Å². The van der Waals surface area contributed by atoms with Crippen LogP contribution < -0.4 is 5.56 Å². The maximum absolute atomic E-state index is 11.9. The summed E-state index contributed by atoms with van der Waals surface area (Å²) in [5.74, 6) is 1.09. The largest absolute Gasteiger partial charge is 0.380 e. The van der Waals surface area contributed by atoms with Gasteiger partial charge in [-0.2, -0.15) is 0 Å². The van der Waals surface area contributed by atoms with E-state index in [0.29, 0.717) is 18.3 Å². The highest BCUT2D eigenvalue weighted by Gasteiger charge is 2.19. The van der Waals surface area contributed by atoms with Crippen LogP contribution in [0.1, 0.15) is 42.9 Å². The van der Waals surface area contributed by atoms with Gasteiger partial charge in [-0.15, -0.1) is 0 Å². The number of benzene rings is 1. The van der Waals surface area contributed by atoms with Crippen molar-refractivity contribution in [1.29, 1.82) is 0 Å². The second-order valence-electron chi connectivity index (χ2n) is 5.63. The van der Waals surface area contributed by atoms with Crippen LogP contribution in [-0.2, 0) is 11.3 Å². The van der Waals surface area contributed by atoms with Crippen molar-refractivity contribution in [2.24, 2.45) is 0 Å². The minimum Gasteiger partial charge on any atom is -0.380 e. The lowest BCUT2D eigenvalue weighted by Gasteiger charge is -2.10. The smallest absolute Gasteiger partial charge is 0.251 e. The quantitative estimate of drug-likeness (QED) is 0.937. The van der Waals surface area contributed by atoms with Crippen molar-refractivity contribution in [3.05, 3.63) is 51.9 Å². The molecular weight excluding hydrogens is 264 g/mol. The van der Waals surface area contributed by atoms with Crippen LogP contribution in [0.5, 0.6) is 0 Å². The fourth-order valence-electron chi connectivity index (χ4n) is 3.02. The molecule has 0 atom stereocenters. The third-order valence-electron chi connectivity index (χ3n) is 4.05. The summed E-state index contributed by atoms with van der Waals surface area (Å²) < 4.78 is 5.16. The zero-order chi connectivity index (χ0) is 14.7. The molecule has 1 saturated carbocycles. The van der Waals surface area contributed by atoms with Crippen LogP contribution in [0.2, 0.25) is 0 Å². The number of hydrogen-bond acceptors (Lipinski definition) is 3. The first-order valence-corrected chi connectivity index (χ1v) is 7.46. The minimum atomic E-state index is -0.0703. The van der Waals surface area contributed by atoms with Crippen LogP contribution in [0.3, 0.4) is 0 Å². The number of rotatable bonds is 4. The van der Waals surface area contributed by atoms with E-state index >= 15 is 0 Å². The van der Waals surface area contributed by atoms with Crippen LogP contribution in [0, 0.1) is 0 Å². The molecule has 4 heteroatoms. The number of nitrogens with zero attached hydrogens (tertiary/aromatic N) is 1. The van der Waals surface area contributed by atoms with Crippen molar-refractivity contribution in [2.45, 2.75) is 38.2 Å². The lowest BCUT2D eigenvalue weighted by molar-refractivity contribution is 0.185. The molecule has 1 aliphatic rings. The van der Waals surface area contributed by atoms with Crippen LogP contribution in [0.25, 0.3) is 11.4 Å². The van der Waals surface area contributed by atoms with E-state index in [4.69, 9.17) is 9.72 Å². The Balaban J connectivity index is 1.97. The molecule has 0 spiro atoms. The van der Waals surface area contributed by atoms with Gasteiger partial charge in [0.2, 0.25) is 0 Å². The normalized spacial score (nSPS) is 15.5. The first kappa shape index (κ1) is 14.0. The molecule has 0 amide bonds. The number of ether oxygens (including phenoxy) is 1. The molecule has 2 aromatic rings. The Morgan fingerprint density at radius 3 is 2.86 bits per heavy atom. The van der Waals surface area contributed by atoms with Crippen molar-refractivity contribution in [2.75, 3.05) is 7.11 Å². The van der Waals surface area contributed by atoms with E-state index in [1.807, 2.05) is 24.3 Å². The number of aromatic amines is 1. The van der Waals surface area contributed by atoms with Gasteiger partial charge in [-0.25, -0.2) is 4.98 Å². The maximum Gasteiger partial charge on any atom is 0.251 e. The molecule has 1 aromatic carbocycles. The van der Waals surface area contributed by atoms with Gasteiger partial charge in [-0.1, -0.05) is 31.0 Å². The lowest BCUT2D eigenvalue weighted by Crippen LogP contribution is -2.12. The molecular formula is C17H20N2O2. The Morgan fingerprint density at radius 1 is 1.29 bits per heavy atom. The number of H-pyrrole nitrogens is 1. The Kier molecular flexibility index (Phi) is 4.15. The Morgan fingerprint density at radius 2 is 2.10 bits per heavy atom. The lowest BCUT2D eigenvalue weighted by atomic mass is 10.0. The fourth-order valence-corrected chi connectivity index (χ4v) is 3.02. The molecule has 0 aliphatic heterocycles. The molecule has 0 saturated heterocycles. The molecule has 21 heavy (non-hydrogen) atoms. The molecule has 1 heterocycles. The molecule has 1 aromatic heterocycles. The van der Waals surface area contributed by atoms with Crippen LogP contribution >= 0.6 is 0 Å². The third kappa shape index (κ3) is 3.22. The zero-order valence-electron chi connectivity index (χ0n) is 12.3. The van der Waals surface area contributed by atoms with Gasteiger partial charge in [0.05, 0.1) is 12.3 Å². The van der Waals surface area contributed by atoms with Gasteiger partial charge in [0.1, 0.15) is 5.82 Å². The number of hydrogen-bond donors (Lipinski definition) is 1. The van der Waals surface area contributed by atoms with Crippen molar-refractivity contribution >= 4 is 0 Å². The van der Waals surface area contributed by atoms with Crippen molar-refractivity contribution < 1.29 is 4.74 Å². The molecule has 1 N–H and O–H groups in total. The average molecular weight is 284 g/mol. The Bertz CT molecular complexity index is 672. The van der Waals surface area contributed by atoms with Crippen LogP contribution in [0.4, 0.5) is 0 Å². The first-order valence-electron chi connectivity index (χ1n) is 7.46. The van der Waals surface area contributed by atoms with Gasteiger partial charge in [0, 0.05) is 24.7 Å². The summed E-state index contributed by atoms with van der Waals surface area (Å²) in [4.78, 5) is 19.5. The fraction of sp³-hybridized carbons (Fsp3) is 0.412. The summed E-state index contributed by atoms with van der Waals surface area (Å²) in [6.07, 6.45) is 4.74. The monoisotopic (exact) mass is 284 g/mol. The van der Waals surface area contributed by atoms with Crippen LogP contribution in [0.15, 0.2) is 35.1 Å². The Hall–Kier alpha value is -1.94. The van der Waals surface area contributed by atoms with Gasteiger partial charge < -0.3 is 9.72 Å². The molecule has 0 unspecified atom stereocenters. The molecule has 4 nitrogen and oxygen atoms in total. The van der Waals surface area contributed by atoms with E-state index in [1.165, 1.54) is 12.8 Å². The van der Waals surface area contributed by atoms with Gasteiger partial charge >= 0.3 is 0 Å². The van der Waals surface area contributed by atoms with Gasteiger partial charge in [-0.05, 0) is 24.5 Å². The summed E-state index contributed by atoms with van der Waals surface area (Å²) in [5.41, 5.74) is 2.87. The van der Waals surface area contributed by atoms with E-state index in [2.05, 4.69) is 4.98 Å². The Labute approximate surface area is 124 Å². The zero-order valence-corrected chi connectivity index (χ0v) is 12.3. The van der Waals surface area contributed by atoms with E-state index in [1.54, 1.807) is 13.2 Å². The summed E-state index contributed by atoms with van der Waals surface area (Å²) in [6.45, 7) is 0.556. The highest BCUT2D eigenvalue weighted by molar-refractivity contribution is 5.56. The molecule has 110 valence electrons. The van der Waals surface area contributed by atoms with E-state index in [9.17, 15) is 4.79 Å². The van der Waals surface area contributed by atoms with Gasteiger partial charge in [0.25, 0.3) is 5.56 Å². The maximum atomic E-state index is 11.9. The van der Waals surface area contributed by atoms with Gasteiger partial charge in [-0.3, -0.25) is 4.79 Å². The molecule has 3 rings (SSSR count). The highest BCUT2D eigenvalue weighted by atomic mass is 16.5. The average Bonchev–Trinajstić information content (AvgIpc) is 3.01. The third-order valence-corrected chi connectivity index (χ3v) is 4.05. The number of nitrogens with one attached hydrogen (secondary N) is 1. The van der Waals surface area contributed by atoms with E-state index < -0.39 is 0 Å². The van der Waals surface area contributed by atoms with Crippen LogP contribution in [-0.4, -0.2) is 17.1 Å². The van der Waals surface area contributed by atoms with E-state index in [0.717, 1.165) is 29.7 Å². The predicted molar refractivity (Wildman–Crippen MR) is 82.2 cm³/mol. The summed E-state index contributed by atoms with van der Waals surface area (Å²) in [5, 5.41) is 0. The number of methoxy groups -OCH3 is 1. The molecule has 1 aliphatic carbocycles. The molecule has 0 bridgehead atoms. The predicted octanol–water partition coefficient (Wildman–Crippen LogP) is 3.24. The van der Waals surface area contributed by atoms with Crippen molar-refractivity contribution in [3.63, 3.8) is 0 Å². The second-order valence-corrected chi connectivity index (χ2v) is 5.63. The first-order chi connectivity index (χ1) is 10.3. The minimum absolute atomic E-state index is 0.0703. The molecule has 1 fully saturated rings. The van der Waals surface area contributed by atoms with E-state index in [-0.39, 0.29) is 5.56 Å².